The maximum absolute atomic E-state index is 5.91. The van der Waals surface area contributed by atoms with Gasteiger partial charge in [0.2, 0.25) is 5.90 Å². The number of aliphatic imine (C=N–C) groups is 2. The molecule has 0 saturated carbocycles. The highest BCUT2D eigenvalue weighted by Crippen LogP contribution is 2.26. The molecule has 4 rings (SSSR count). The zero-order valence-electron chi connectivity index (χ0n) is 18.4. The quantitative estimate of drug-likeness (QED) is 0.481. The Morgan fingerprint density at radius 2 is 1.83 bits per heavy atom. The summed E-state index contributed by atoms with van der Waals surface area (Å²) in [5, 5.41) is 1.09. The van der Waals surface area contributed by atoms with E-state index < -0.39 is 0 Å². The molecule has 0 unspecified atom stereocenters. The van der Waals surface area contributed by atoms with Crippen LogP contribution in [0.4, 0.5) is 5.69 Å². The van der Waals surface area contributed by atoms with Gasteiger partial charge in [0.25, 0.3) is 0 Å². The van der Waals surface area contributed by atoms with Gasteiger partial charge in [-0.1, -0.05) is 62.7 Å². The van der Waals surface area contributed by atoms with Crippen LogP contribution in [0, 0.1) is 19.8 Å². The number of aromatic nitrogens is 1. The van der Waals surface area contributed by atoms with E-state index in [0.717, 1.165) is 40.0 Å². The maximum Gasteiger partial charge on any atom is 0.235 e. The summed E-state index contributed by atoms with van der Waals surface area (Å²) in [4.78, 5) is 14.7. The topological polar surface area (TPSA) is 46.8 Å². The number of hydrogen-bond acceptors (Lipinski definition) is 4. The molecule has 0 aliphatic carbocycles. The molecular weight excluding hydrogens is 370 g/mol. The number of hydrogen-bond donors (Lipinski definition) is 0. The van der Waals surface area contributed by atoms with Crippen molar-refractivity contribution in [3.05, 3.63) is 70.9 Å². The fraction of sp³-hybridized carbons (Fsp3) is 0.346. The first-order chi connectivity index (χ1) is 14.5. The molecule has 1 aromatic heterocycles. The molecule has 30 heavy (non-hydrogen) atoms. The Morgan fingerprint density at radius 1 is 1.10 bits per heavy atom. The van der Waals surface area contributed by atoms with Crippen LogP contribution in [0.2, 0.25) is 0 Å². The van der Waals surface area contributed by atoms with Crippen molar-refractivity contribution in [2.45, 2.75) is 47.1 Å². The van der Waals surface area contributed by atoms with Gasteiger partial charge in [-0.05, 0) is 43.9 Å². The van der Waals surface area contributed by atoms with Gasteiger partial charge in [0.1, 0.15) is 12.3 Å². The monoisotopic (exact) mass is 399 g/mol. The Balaban J connectivity index is 1.77. The standard InChI is InChI=1S/C26H29N3O/c1-6-16(2)23-15-30-26(29-23)22-14-13-20-11-8-12-21(25(20)28-22)19(5)27-24-17(3)9-7-10-18(24)4/h7-14,16,23H,6,15H2,1-5H3/t16-,23-/m1/s1. The van der Waals surface area contributed by atoms with E-state index in [1.165, 1.54) is 11.1 Å². The lowest BCUT2D eigenvalue weighted by atomic mass is 10.0. The molecule has 2 atom stereocenters. The van der Waals surface area contributed by atoms with E-state index in [1.807, 2.05) is 6.07 Å². The number of ether oxygens (including phenoxy) is 1. The number of rotatable bonds is 5. The molecule has 0 radical (unpaired) electrons. The van der Waals surface area contributed by atoms with E-state index in [9.17, 15) is 0 Å². The third-order valence-corrected chi connectivity index (χ3v) is 6.02. The summed E-state index contributed by atoms with van der Waals surface area (Å²) in [7, 11) is 0. The first-order valence-corrected chi connectivity index (χ1v) is 10.7. The second-order valence-electron chi connectivity index (χ2n) is 8.21. The number of fused-ring (bicyclic) bond motifs is 1. The van der Waals surface area contributed by atoms with Gasteiger partial charge in [-0.3, -0.25) is 4.99 Å². The average Bonchev–Trinajstić information content (AvgIpc) is 3.25. The molecule has 0 amide bonds. The predicted octanol–water partition coefficient (Wildman–Crippen LogP) is 6.18. The summed E-state index contributed by atoms with van der Waals surface area (Å²) in [6, 6.07) is 16.8. The van der Waals surface area contributed by atoms with Gasteiger partial charge in [0.05, 0.1) is 17.2 Å². The molecule has 1 aliphatic rings. The Labute approximate surface area is 178 Å². The van der Waals surface area contributed by atoms with Crippen LogP contribution in [0.25, 0.3) is 10.9 Å². The highest BCUT2D eigenvalue weighted by atomic mass is 16.5. The fourth-order valence-electron chi connectivity index (χ4n) is 3.86. The van der Waals surface area contributed by atoms with Gasteiger partial charge < -0.3 is 4.74 Å². The van der Waals surface area contributed by atoms with Crippen LogP contribution in [0.1, 0.15) is 49.6 Å². The molecular formula is C26H29N3O. The van der Waals surface area contributed by atoms with E-state index in [0.29, 0.717) is 18.4 Å². The molecule has 0 spiro atoms. The van der Waals surface area contributed by atoms with Gasteiger partial charge in [0.15, 0.2) is 0 Å². The second kappa shape index (κ2) is 8.39. The highest BCUT2D eigenvalue weighted by molar-refractivity contribution is 6.10. The summed E-state index contributed by atoms with van der Waals surface area (Å²) in [6.07, 6.45) is 1.09. The van der Waals surface area contributed by atoms with Gasteiger partial charge in [-0.15, -0.1) is 0 Å². The number of nitrogens with zero attached hydrogens (tertiary/aromatic N) is 3. The highest BCUT2D eigenvalue weighted by Gasteiger charge is 2.25. The molecule has 4 nitrogen and oxygen atoms in total. The van der Waals surface area contributed by atoms with Crippen LogP contribution in [-0.2, 0) is 4.74 Å². The van der Waals surface area contributed by atoms with E-state index in [2.05, 4.69) is 77.1 Å². The molecule has 3 aromatic rings. The SMILES string of the molecule is CC[C@@H](C)[C@H]1COC(c2ccc3cccc(C(C)=Nc4c(C)cccc4C)c3n2)=N1. The third kappa shape index (κ3) is 3.87. The first-order valence-electron chi connectivity index (χ1n) is 10.7. The Morgan fingerprint density at radius 3 is 2.57 bits per heavy atom. The van der Waals surface area contributed by atoms with Crippen molar-refractivity contribution in [3.63, 3.8) is 0 Å². The summed E-state index contributed by atoms with van der Waals surface area (Å²) in [6.45, 7) is 11.3. The van der Waals surface area contributed by atoms with E-state index in [4.69, 9.17) is 19.7 Å². The number of aryl methyl sites for hydroxylation is 2. The van der Waals surface area contributed by atoms with E-state index in [-0.39, 0.29) is 6.04 Å². The third-order valence-electron chi connectivity index (χ3n) is 6.02. The minimum absolute atomic E-state index is 0.213. The predicted molar refractivity (Wildman–Crippen MR) is 125 cm³/mol. The largest absolute Gasteiger partial charge is 0.474 e. The van der Waals surface area contributed by atoms with Crippen LogP contribution in [0.3, 0.4) is 0 Å². The fourth-order valence-corrected chi connectivity index (χ4v) is 3.86. The van der Waals surface area contributed by atoms with Crippen molar-refractivity contribution >= 4 is 28.2 Å². The van der Waals surface area contributed by atoms with Crippen molar-refractivity contribution < 1.29 is 4.74 Å². The molecule has 0 fully saturated rings. The normalized spacial score (nSPS) is 17.7. The van der Waals surface area contributed by atoms with E-state index in [1.54, 1.807) is 0 Å². The Bertz CT molecular complexity index is 1130. The summed E-state index contributed by atoms with van der Waals surface area (Å²) in [5.74, 6) is 1.16. The first kappa shape index (κ1) is 20.3. The summed E-state index contributed by atoms with van der Waals surface area (Å²) in [5.41, 5.74) is 7.09. The van der Waals surface area contributed by atoms with Crippen molar-refractivity contribution in [3.8, 4) is 0 Å². The molecule has 0 bridgehead atoms. The molecule has 1 aliphatic heterocycles. The van der Waals surface area contributed by atoms with Crippen molar-refractivity contribution in [2.24, 2.45) is 15.9 Å². The van der Waals surface area contributed by atoms with Gasteiger partial charge in [0, 0.05) is 16.7 Å². The lowest BCUT2D eigenvalue weighted by Gasteiger charge is -2.11. The lowest BCUT2D eigenvalue weighted by Crippen LogP contribution is -2.16. The molecule has 2 aromatic carbocycles. The van der Waals surface area contributed by atoms with Crippen LogP contribution in [-0.4, -0.2) is 29.2 Å². The molecule has 0 saturated heterocycles. The van der Waals surface area contributed by atoms with Crippen molar-refractivity contribution in [1.82, 2.24) is 4.98 Å². The second-order valence-corrected chi connectivity index (χ2v) is 8.21. The number of benzene rings is 2. The molecule has 154 valence electrons. The van der Waals surface area contributed by atoms with Crippen molar-refractivity contribution in [1.29, 1.82) is 0 Å². The average molecular weight is 400 g/mol. The van der Waals surface area contributed by atoms with Crippen LogP contribution < -0.4 is 0 Å². The molecule has 0 N–H and O–H groups in total. The molecule has 2 heterocycles. The van der Waals surface area contributed by atoms with Crippen molar-refractivity contribution in [2.75, 3.05) is 6.61 Å². The van der Waals surface area contributed by atoms with Crippen LogP contribution in [0.15, 0.2) is 58.5 Å². The Kier molecular flexibility index (Phi) is 5.67. The minimum atomic E-state index is 0.213. The lowest BCUT2D eigenvalue weighted by molar-refractivity contribution is 0.282. The van der Waals surface area contributed by atoms with E-state index >= 15 is 0 Å². The zero-order valence-corrected chi connectivity index (χ0v) is 18.4. The summed E-state index contributed by atoms with van der Waals surface area (Å²) < 4.78 is 5.91. The zero-order chi connectivity index (χ0) is 21.3. The number of pyridine rings is 1. The minimum Gasteiger partial charge on any atom is -0.474 e. The van der Waals surface area contributed by atoms with Crippen LogP contribution in [0.5, 0.6) is 0 Å². The smallest absolute Gasteiger partial charge is 0.235 e. The van der Waals surface area contributed by atoms with Gasteiger partial charge in [-0.25, -0.2) is 9.98 Å². The summed E-state index contributed by atoms with van der Waals surface area (Å²) >= 11 is 0. The van der Waals surface area contributed by atoms with Gasteiger partial charge in [-0.2, -0.15) is 0 Å². The Hall–Kier alpha value is -3.01. The van der Waals surface area contributed by atoms with Gasteiger partial charge >= 0.3 is 0 Å². The maximum atomic E-state index is 5.91. The van der Waals surface area contributed by atoms with Crippen LogP contribution >= 0.6 is 0 Å². The molecule has 4 heteroatoms. The number of para-hydroxylation sites is 2.